The Hall–Kier alpha value is -3.80. The molecular weight excluding hydrogens is 458 g/mol. The van der Waals surface area contributed by atoms with Gasteiger partial charge in [-0.25, -0.2) is 4.79 Å². The number of amides is 1. The smallest absolute Gasteiger partial charge is 0.387 e. The van der Waals surface area contributed by atoms with Gasteiger partial charge in [-0.05, 0) is 25.2 Å². The van der Waals surface area contributed by atoms with Gasteiger partial charge in [0.05, 0.1) is 25.5 Å². The minimum atomic E-state index is -3.15. The van der Waals surface area contributed by atoms with Crippen molar-refractivity contribution in [2.75, 3.05) is 19.5 Å². The van der Waals surface area contributed by atoms with Gasteiger partial charge in [0.2, 0.25) is 5.91 Å². The van der Waals surface area contributed by atoms with Crippen molar-refractivity contribution >= 4 is 29.8 Å². The van der Waals surface area contributed by atoms with Crippen LogP contribution in [0.3, 0.4) is 0 Å². The Morgan fingerprint density at radius 3 is 2.61 bits per heavy atom. The highest BCUT2D eigenvalue weighted by Gasteiger charge is 2.22. The normalized spacial score (nSPS) is 10.7. The lowest BCUT2D eigenvalue weighted by atomic mass is 10.1. The molecule has 0 spiro atoms. The van der Waals surface area contributed by atoms with Crippen LogP contribution in [-0.2, 0) is 16.1 Å². The van der Waals surface area contributed by atoms with Gasteiger partial charge >= 0.3 is 12.6 Å². The van der Waals surface area contributed by atoms with E-state index in [1.54, 1.807) is 0 Å². The van der Waals surface area contributed by atoms with Crippen molar-refractivity contribution in [1.29, 1.82) is 0 Å². The van der Waals surface area contributed by atoms with Crippen LogP contribution in [0.4, 0.5) is 14.5 Å². The highest BCUT2D eigenvalue weighted by Crippen LogP contribution is 2.35. The van der Waals surface area contributed by atoms with Gasteiger partial charge in [-0.2, -0.15) is 13.9 Å². The Morgan fingerprint density at radius 1 is 1.21 bits per heavy atom. The highest BCUT2D eigenvalue weighted by atomic mass is 32.1. The number of nitrogens with one attached hydrogen (secondary N) is 2. The first-order chi connectivity index (χ1) is 15.7. The molecule has 2 aromatic carbocycles. The maximum Gasteiger partial charge on any atom is 0.387 e. The van der Waals surface area contributed by atoms with Crippen LogP contribution in [0, 0.1) is 11.7 Å². The van der Waals surface area contributed by atoms with Gasteiger partial charge in [0.15, 0.2) is 22.1 Å². The molecule has 0 aliphatic rings. The maximum atomic E-state index is 12.8. The van der Waals surface area contributed by atoms with Crippen LogP contribution in [0.25, 0.3) is 11.4 Å². The molecule has 9 nitrogen and oxygen atoms in total. The van der Waals surface area contributed by atoms with E-state index in [-0.39, 0.29) is 34.1 Å². The molecule has 0 atom stereocenters. The van der Waals surface area contributed by atoms with E-state index in [2.05, 4.69) is 20.3 Å². The number of carbonyl (C=O) groups is 2. The molecule has 0 saturated carbocycles. The third kappa shape index (κ3) is 5.52. The number of hydrogen-bond donors (Lipinski definition) is 2. The minimum absolute atomic E-state index is 0.101. The number of benzene rings is 2. The summed E-state index contributed by atoms with van der Waals surface area (Å²) in [5.74, 6) is -1.47. The predicted octanol–water partition coefficient (Wildman–Crippen LogP) is 3.95. The van der Waals surface area contributed by atoms with Crippen LogP contribution in [0.2, 0.25) is 0 Å². The monoisotopic (exact) mass is 478 g/mol. The average Bonchev–Trinajstić information content (AvgIpc) is 3.13. The quantitative estimate of drug-likeness (QED) is 0.373. The van der Waals surface area contributed by atoms with Gasteiger partial charge in [0.25, 0.3) is 0 Å². The van der Waals surface area contributed by atoms with Crippen molar-refractivity contribution in [1.82, 2.24) is 14.8 Å². The topological polar surface area (TPSA) is 107 Å². The van der Waals surface area contributed by atoms with Crippen molar-refractivity contribution in [3.63, 3.8) is 0 Å². The highest BCUT2D eigenvalue weighted by molar-refractivity contribution is 7.71. The number of alkyl halides is 2. The molecule has 0 aliphatic carbocycles. The van der Waals surface area contributed by atoms with Crippen LogP contribution in [-0.4, -0.2) is 47.5 Å². The third-order valence-electron chi connectivity index (χ3n) is 4.54. The number of carbonyl (C=O) groups excluding carboxylic acids is 2. The molecule has 33 heavy (non-hydrogen) atoms. The van der Waals surface area contributed by atoms with Crippen molar-refractivity contribution in [3.8, 4) is 22.9 Å². The second-order valence-electron chi connectivity index (χ2n) is 6.77. The molecule has 0 aliphatic heterocycles. The molecule has 1 aromatic heterocycles. The van der Waals surface area contributed by atoms with E-state index in [1.165, 1.54) is 11.7 Å². The number of methoxy groups -OCH3 is 2. The second-order valence-corrected chi connectivity index (χ2v) is 7.16. The summed E-state index contributed by atoms with van der Waals surface area (Å²) in [6.07, 6.45) is 0. The molecule has 0 unspecified atom stereocenters. The van der Waals surface area contributed by atoms with Crippen LogP contribution in [0.15, 0.2) is 36.4 Å². The molecule has 2 N–H and O–H groups in total. The van der Waals surface area contributed by atoms with Crippen molar-refractivity contribution in [2.24, 2.45) is 0 Å². The van der Waals surface area contributed by atoms with Crippen molar-refractivity contribution in [3.05, 3.63) is 52.3 Å². The predicted molar refractivity (Wildman–Crippen MR) is 117 cm³/mol. The lowest BCUT2D eigenvalue weighted by Gasteiger charge is -2.16. The average molecular weight is 478 g/mol. The number of H-pyrrole nitrogens is 1. The molecule has 3 rings (SSSR count). The fourth-order valence-electron chi connectivity index (χ4n) is 3.09. The van der Waals surface area contributed by atoms with Crippen LogP contribution in [0.1, 0.15) is 15.9 Å². The molecule has 1 heterocycles. The summed E-state index contributed by atoms with van der Waals surface area (Å²) in [7, 11) is 2.36. The zero-order valence-corrected chi connectivity index (χ0v) is 18.7. The summed E-state index contributed by atoms with van der Waals surface area (Å²) in [5.41, 5.74) is 1.52. The van der Waals surface area contributed by atoms with E-state index in [0.717, 1.165) is 30.4 Å². The lowest BCUT2D eigenvalue weighted by Crippen LogP contribution is -2.21. The number of halogens is 2. The van der Waals surface area contributed by atoms with Gasteiger partial charge in [0.1, 0.15) is 6.54 Å². The van der Waals surface area contributed by atoms with E-state index >= 15 is 0 Å². The number of aryl methyl sites for hydroxylation is 1. The van der Waals surface area contributed by atoms with Crippen LogP contribution in [0.5, 0.6) is 11.5 Å². The molecule has 0 radical (unpaired) electrons. The van der Waals surface area contributed by atoms with Gasteiger partial charge < -0.3 is 19.5 Å². The standard InChI is InChI=1S/C21H20F2N4O5S/c1-11-5-4-6-12(7-11)18-25-26-21(33)27(18)10-17(28)24-14-9-16(32-20(22)23)15(30-2)8-13(14)19(29)31-3/h4-9,20H,10H2,1-3H3,(H,24,28)(H,26,33). The molecule has 0 saturated heterocycles. The second kappa shape index (κ2) is 10.2. The van der Waals surface area contributed by atoms with E-state index in [9.17, 15) is 18.4 Å². The first kappa shape index (κ1) is 23.9. The number of esters is 1. The van der Waals surface area contributed by atoms with Crippen molar-refractivity contribution in [2.45, 2.75) is 20.1 Å². The summed E-state index contributed by atoms with van der Waals surface area (Å²) in [4.78, 5) is 25.0. The first-order valence-electron chi connectivity index (χ1n) is 9.50. The summed E-state index contributed by atoms with van der Waals surface area (Å²) in [6, 6.07) is 9.66. The number of rotatable bonds is 8. The van der Waals surface area contributed by atoms with E-state index < -0.39 is 18.5 Å². The number of aromatic amines is 1. The molecule has 174 valence electrons. The Morgan fingerprint density at radius 2 is 1.97 bits per heavy atom. The fraction of sp³-hybridized carbons (Fsp3) is 0.238. The maximum absolute atomic E-state index is 12.8. The van der Waals surface area contributed by atoms with Crippen molar-refractivity contribution < 1.29 is 32.6 Å². The fourth-order valence-corrected chi connectivity index (χ4v) is 3.29. The Labute approximate surface area is 192 Å². The Kier molecular flexibility index (Phi) is 7.38. The molecule has 12 heteroatoms. The minimum Gasteiger partial charge on any atom is -0.493 e. The molecular formula is C21H20F2N4O5S. The van der Waals surface area contributed by atoms with E-state index in [4.69, 9.17) is 21.7 Å². The number of nitrogens with zero attached hydrogens (tertiary/aromatic N) is 2. The summed E-state index contributed by atoms with van der Waals surface area (Å²) < 4.78 is 41.4. The van der Waals surface area contributed by atoms with Gasteiger partial charge in [-0.15, -0.1) is 0 Å². The number of hydrogen-bond acceptors (Lipinski definition) is 7. The Bertz CT molecular complexity index is 1240. The number of anilines is 1. The number of ether oxygens (including phenoxy) is 3. The summed E-state index contributed by atoms with van der Waals surface area (Å²) >= 11 is 5.25. The zero-order chi connectivity index (χ0) is 24.1. The van der Waals surface area contributed by atoms with Crippen LogP contribution >= 0.6 is 12.2 Å². The lowest BCUT2D eigenvalue weighted by molar-refractivity contribution is -0.116. The van der Waals surface area contributed by atoms with E-state index in [1.807, 2.05) is 31.2 Å². The molecule has 1 amide bonds. The zero-order valence-electron chi connectivity index (χ0n) is 17.8. The van der Waals surface area contributed by atoms with Gasteiger partial charge in [-0.3, -0.25) is 14.5 Å². The van der Waals surface area contributed by atoms with Gasteiger partial charge in [-0.1, -0.05) is 23.8 Å². The Balaban J connectivity index is 1.94. The molecule has 0 fully saturated rings. The molecule has 3 aromatic rings. The SMILES string of the molecule is COC(=O)c1cc(OC)c(OC(F)F)cc1NC(=O)Cn1c(-c2cccc(C)c2)n[nH]c1=S. The van der Waals surface area contributed by atoms with Gasteiger partial charge in [0, 0.05) is 17.7 Å². The summed E-state index contributed by atoms with van der Waals surface area (Å²) in [5, 5.41) is 9.36. The molecule has 0 bridgehead atoms. The van der Waals surface area contributed by atoms with Crippen LogP contribution < -0.4 is 14.8 Å². The third-order valence-corrected chi connectivity index (χ3v) is 4.85. The number of aromatic nitrogens is 3. The first-order valence-corrected chi connectivity index (χ1v) is 9.91. The van der Waals surface area contributed by atoms with E-state index in [0.29, 0.717) is 5.82 Å². The largest absolute Gasteiger partial charge is 0.493 e. The summed E-state index contributed by atoms with van der Waals surface area (Å²) in [6.45, 7) is -1.50.